The second-order valence-electron chi connectivity index (χ2n) is 4.89. The first-order valence-electron chi connectivity index (χ1n) is 6.59. The molecule has 2 aromatic rings. The number of anilines is 1. The Balaban J connectivity index is 1.73. The number of hydrogen-bond donors (Lipinski definition) is 2. The molecule has 8 nitrogen and oxygen atoms in total. The lowest BCUT2D eigenvalue weighted by molar-refractivity contribution is -0.0544. The summed E-state index contributed by atoms with van der Waals surface area (Å²) in [5.41, 5.74) is -0.813. The van der Waals surface area contributed by atoms with Crippen LogP contribution in [0.25, 0.3) is 5.95 Å². The van der Waals surface area contributed by atoms with E-state index in [1.54, 1.807) is 23.3 Å². The van der Waals surface area contributed by atoms with Gasteiger partial charge in [-0.2, -0.15) is 15.0 Å². The molecule has 0 spiro atoms. The number of ether oxygens (including phenoxy) is 1. The fourth-order valence-corrected chi connectivity index (χ4v) is 2.24. The maximum Gasteiger partial charge on any atom is 0.241 e. The lowest BCUT2D eigenvalue weighted by Gasteiger charge is -2.32. The van der Waals surface area contributed by atoms with Crippen LogP contribution in [0.3, 0.4) is 0 Å². The van der Waals surface area contributed by atoms with Gasteiger partial charge in [-0.15, -0.1) is 0 Å². The molecule has 1 saturated heterocycles. The number of imidazole rings is 1. The number of nitrogens with one attached hydrogen (secondary N) is 1. The van der Waals surface area contributed by atoms with Crippen LogP contribution in [0.15, 0.2) is 18.7 Å². The zero-order valence-corrected chi connectivity index (χ0v) is 12.0. The van der Waals surface area contributed by atoms with E-state index in [-0.39, 0.29) is 5.28 Å². The van der Waals surface area contributed by atoms with Crippen LogP contribution in [0.2, 0.25) is 5.28 Å². The van der Waals surface area contributed by atoms with Crippen molar-refractivity contribution in [2.45, 2.75) is 18.4 Å². The van der Waals surface area contributed by atoms with E-state index in [0.29, 0.717) is 44.5 Å². The highest BCUT2D eigenvalue weighted by atomic mass is 35.5. The van der Waals surface area contributed by atoms with Crippen molar-refractivity contribution in [2.24, 2.45) is 0 Å². The first kappa shape index (κ1) is 14.2. The molecule has 0 aromatic carbocycles. The molecule has 0 atom stereocenters. The Morgan fingerprint density at radius 3 is 2.86 bits per heavy atom. The van der Waals surface area contributed by atoms with E-state index in [1.165, 1.54) is 0 Å². The third-order valence-electron chi connectivity index (χ3n) is 3.33. The molecule has 3 rings (SSSR count). The van der Waals surface area contributed by atoms with Gasteiger partial charge in [0.15, 0.2) is 0 Å². The van der Waals surface area contributed by atoms with Crippen molar-refractivity contribution in [3.8, 4) is 5.95 Å². The van der Waals surface area contributed by atoms with Gasteiger partial charge in [-0.3, -0.25) is 4.57 Å². The van der Waals surface area contributed by atoms with Crippen LogP contribution < -0.4 is 5.32 Å². The molecule has 0 saturated carbocycles. The molecule has 0 aliphatic carbocycles. The number of aromatic nitrogens is 5. The molecule has 9 heteroatoms. The van der Waals surface area contributed by atoms with Gasteiger partial charge in [-0.1, -0.05) is 0 Å². The summed E-state index contributed by atoms with van der Waals surface area (Å²) < 4.78 is 6.87. The van der Waals surface area contributed by atoms with E-state index in [4.69, 9.17) is 16.3 Å². The zero-order valence-electron chi connectivity index (χ0n) is 11.2. The minimum atomic E-state index is -0.813. The van der Waals surface area contributed by atoms with Crippen molar-refractivity contribution in [2.75, 3.05) is 25.1 Å². The largest absolute Gasteiger partial charge is 0.388 e. The second kappa shape index (κ2) is 5.92. The molecule has 0 radical (unpaired) electrons. The maximum atomic E-state index is 10.4. The molecule has 2 N–H and O–H groups in total. The third-order valence-corrected chi connectivity index (χ3v) is 3.50. The van der Waals surface area contributed by atoms with E-state index in [1.807, 2.05) is 0 Å². The summed E-state index contributed by atoms with van der Waals surface area (Å²) in [7, 11) is 0. The summed E-state index contributed by atoms with van der Waals surface area (Å²) in [4.78, 5) is 16.2. The zero-order chi connectivity index (χ0) is 14.7. The van der Waals surface area contributed by atoms with E-state index in [9.17, 15) is 5.11 Å². The fourth-order valence-electron chi connectivity index (χ4n) is 2.08. The predicted octanol–water partition coefficient (Wildman–Crippen LogP) is 0.664. The van der Waals surface area contributed by atoms with Gasteiger partial charge in [0.05, 0.1) is 5.60 Å². The molecule has 1 aliphatic rings. The standard InChI is InChI=1S/C12H15ClN6O2/c13-9-16-10(15-7-12(20)1-5-21-6-2-12)18-11(17-9)19-4-3-14-8-19/h3-4,8,20H,1-2,5-7H2,(H,15,16,17,18). The van der Waals surface area contributed by atoms with Gasteiger partial charge in [0.2, 0.25) is 17.2 Å². The lowest BCUT2D eigenvalue weighted by atomic mass is 9.94. The average Bonchev–Trinajstić information content (AvgIpc) is 3.00. The molecular formula is C12H15ClN6O2. The highest BCUT2D eigenvalue weighted by Gasteiger charge is 2.29. The molecule has 1 fully saturated rings. The van der Waals surface area contributed by atoms with Gasteiger partial charge in [-0.05, 0) is 11.6 Å². The molecule has 112 valence electrons. The Morgan fingerprint density at radius 2 is 2.14 bits per heavy atom. The second-order valence-corrected chi connectivity index (χ2v) is 5.23. The average molecular weight is 311 g/mol. The van der Waals surface area contributed by atoms with Gasteiger partial charge in [0.25, 0.3) is 0 Å². The van der Waals surface area contributed by atoms with Crippen LogP contribution in [-0.4, -0.2) is 55.0 Å². The lowest BCUT2D eigenvalue weighted by Crippen LogP contribution is -2.42. The topological polar surface area (TPSA) is 98.0 Å². The number of rotatable bonds is 4. The van der Waals surface area contributed by atoms with Crippen molar-refractivity contribution < 1.29 is 9.84 Å². The Kier molecular flexibility index (Phi) is 4.00. The Morgan fingerprint density at radius 1 is 1.33 bits per heavy atom. The highest BCUT2D eigenvalue weighted by Crippen LogP contribution is 2.20. The SMILES string of the molecule is OC1(CNc2nc(Cl)nc(-n3ccnc3)n2)CCOCC1. The molecule has 3 heterocycles. The molecule has 0 unspecified atom stereocenters. The van der Waals surface area contributed by atoms with Crippen LogP contribution in [0.1, 0.15) is 12.8 Å². The molecule has 21 heavy (non-hydrogen) atoms. The minimum Gasteiger partial charge on any atom is -0.388 e. The van der Waals surface area contributed by atoms with E-state index < -0.39 is 5.60 Å². The van der Waals surface area contributed by atoms with Gasteiger partial charge in [0, 0.05) is 45.0 Å². The van der Waals surface area contributed by atoms with E-state index in [0.717, 1.165) is 0 Å². The number of nitrogens with zero attached hydrogens (tertiary/aromatic N) is 5. The maximum absolute atomic E-state index is 10.4. The van der Waals surface area contributed by atoms with Crippen molar-refractivity contribution in [3.63, 3.8) is 0 Å². The number of hydrogen-bond acceptors (Lipinski definition) is 7. The van der Waals surface area contributed by atoms with Crippen LogP contribution >= 0.6 is 11.6 Å². The number of aliphatic hydroxyl groups is 1. The number of halogens is 1. The Bertz CT molecular complexity index is 600. The summed E-state index contributed by atoms with van der Waals surface area (Å²) in [6, 6.07) is 0. The predicted molar refractivity (Wildman–Crippen MR) is 75.5 cm³/mol. The third kappa shape index (κ3) is 3.46. The quantitative estimate of drug-likeness (QED) is 0.856. The van der Waals surface area contributed by atoms with Crippen molar-refractivity contribution in [3.05, 3.63) is 24.0 Å². The normalized spacial score (nSPS) is 17.6. The molecule has 0 amide bonds. The van der Waals surface area contributed by atoms with Crippen molar-refractivity contribution >= 4 is 17.5 Å². The highest BCUT2D eigenvalue weighted by molar-refractivity contribution is 6.28. The Labute approximate surface area is 126 Å². The van der Waals surface area contributed by atoms with E-state index in [2.05, 4.69) is 25.3 Å². The van der Waals surface area contributed by atoms with Gasteiger partial charge < -0.3 is 15.2 Å². The van der Waals surface area contributed by atoms with Crippen LogP contribution in [0, 0.1) is 0 Å². The van der Waals surface area contributed by atoms with Crippen molar-refractivity contribution in [1.82, 2.24) is 24.5 Å². The summed E-state index contributed by atoms with van der Waals surface area (Å²) in [5.74, 6) is 0.688. The monoisotopic (exact) mass is 310 g/mol. The Hall–Kier alpha value is -1.77. The molecule has 0 bridgehead atoms. The first-order valence-corrected chi connectivity index (χ1v) is 6.96. The smallest absolute Gasteiger partial charge is 0.241 e. The molecule has 2 aromatic heterocycles. The van der Waals surface area contributed by atoms with Gasteiger partial charge >= 0.3 is 0 Å². The van der Waals surface area contributed by atoms with Crippen LogP contribution in [0.4, 0.5) is 5.95 Å². The fraction of sp³-hybridized carbons (Fsp3) is 0.500. The molecular weight excluding hydrogens is 296 g/mol. The van der Waals surface area contributed by atoms with Crippen LogP contribution in [0.5, 0.6) is 0 Å². The minimum absolute atomic E-state index is 0.0789. The summed E-state index contributed by atoms with van der Waals surface area (Å²) in [5, 5.41) is 13.5. The van der Waals surface area contributed by atoms with Crippen LogP contribution in [-0.2, 0) is 4.74 Å². The van der Waals surface area contributed by atoms with Crippen molar-refractivity contribution in [1.29, 1.82) is 0 Å². The summed E-state index contributed by atoms with van der Waals surface area (Å²) in [6.45, 7) is 1.44. The molecule has 1 aliphatic heterocycles. The van der Waals surface area contributed by atoms with Gasteiger partial charge in [0.1, 0.15) is 6.33 Å². The van der Waals surface area contributed by atoms with Gasteiger partial charge in [-0.25, -0.2) is 4.98 Å². The first-order chi connectivity index (χ1) is 10.1. The van der Waals surface area contributed by atoms with E-state index >= 15 is 0 Å². The summed E-state index contributed by atoms with van der Waals surface area (Å²) >= 11 is 5.90. The summed E-state index contributed by atoms with van der Waals surface area (Å²) in [6.07, 6.45) is 6.05.